The highest BCUT2D eigenvalue weighted by Gasteiger charge is 2.34. The second-order valence-electron chi connectivity index (χ2n) is 10.4. The molecule has 1 aliphatic rings. The Kier molecular flexibility index (Phi) is 9.36. The maximum absolute atomic E-state index is 13.5. The number of amides is 1. The number of fused-ring (bicyclic) bond motifs is 1. The van der Waals surface area contributed by atoms with Gasteiger partial charge in [-0.2, -0.15) is 0 Å². The molecule has 0 aliphatic carbocycles. The predicted octanol–water partition coefficient (Wildman–Crippen LogP) is 3.83. The number of ether oxygens (including phenoxy) is 1. The fraction of sp³-hybridized carbons (Fsp3) is 0.375. The first-order valence-corrected chi connectivity index (χ1v) is 13.4. The van der Waals surface area contributed by atoms with Crippen LogP contribution in [0.2, 0.25) is 0 Å². The Bertz CT molecular complexity index is 1310. The highest BCUT2D eigenvalue weighted by Crippen LogP contribution is 2.28. The van der Waals surface area contributed by atoms with Gasteiger partial charge in [-0.3, -0.25) is 9.69 Å². The molecular formula is C32H37N3O4. The minimum absolute atomic E-state index is 0.00415. The molecule has 0 fully saturated rings. The summed E-state index contributed by atoms with van der Waals surface area (Å²) in [4.78, 5) is 21.9. The summed E-state index contributed by atoms with van der Waals surface area (Å²) in [6, 6.07) is 20.2. The largest absolute Gasteiger partial charge is 0.472 e. The molecule has 4 rings (SSSR count). The monoisotopic (exact) mass is 527 g/mol. The molecule has 0 spiro atoms. The third-order valence-corrected chi connectivity index (χ3v) is 6.95. The van der Waals surface area contributed by atoms with E-state index < -0.39 is 6.10 Å². The minimum atomic E-state index is -0.791. The lowest BCUT2D eigenvalue weighted by Crippen LogP contribution is -2.49. The average Bonchev–Trinajstić information content (AvgIpc) is 2.94. The number of carbonyl (C=O) groups excluding carboxylic acids is 1. The van der Waals surface area contributed by atoms with Crippen molar-refractivity contribution in [1.82, 2.24) is 14.8 Å². The van der Waals surface area contributed by atoms with Gasteiger partial charge in [-0.05, 0) is 43.7 Å². The molecule has 4 atom stereocenters. The van der Waals surface area contributed by atoms with Gasteiger partial charge < -0.3 is 19.8 Å². The van der Waals surface area contributed by atoms with Crippen molar-refractivity contribution in [3.63, 3.8) is 0 Å². The van der Waals surface area contributed by atoms with Crippen molar-refractivity contribution < 1.29 is 19.7 Å². The topological polar surface area (TPSA) is 86.1 Å². The number of likely N-dealkylation sites (N-methyl/N-ethyl adjacent to an activating group) is 1. The molecule has 2 heterocycles. The zero-order valence-electron chi connectivity index (χ0n) is 23.0. The average molecular weight is 528 g/mol. The van der Waals surface area contributed by atoms with Gasteiger partial charge in [0.1, 0.15) is 17.8 Å². The van der Waals surface area contributed by atoms with Crippen LogP contribution in [0.5, 0.6) is 5.88 Å². The highest BCUT2D eigenvalue weighted by atomic mass is 16.5. The Morgan fingerprint density at radius 1 is 1.13 bits per heavy atom. The van der Waals surface area contributed by atoms with Gasteiger partial charge in [0.05, 0.1) is 12.6 Å². The Balaban J connectivity index is 1.54. The summed E-state index contributed by atoms with van der Waals surface area (Å²) in [6.45, 7) is 7.13. The lowest BCUT2D eigenvalue weighted by Gasteiger charge is -2.37. The lowest BCUT2D eigenvalue weighted by molar-refractivity contribution is 0.0325. The normalized spacial score (nSPS) is 18.7. The van der Waals surface area contributed by atoms with Gasteiger partial charge in [0, 0.05) is 37.3 Å². The van der Waals surface area contributed by atoms with Crippen LogP contribution in [0.4, 0.5) is 0 Å². The van der Waals surface area contributed by atoms with E-state index in [4.69, 9.17) is 4.74 Å². The van der Waals surface area contributed by atoms with Crippen molar-refractivity contribution >= 4 is 5.91 Å². The highest BCUT2D eigenvalue weighted by molar-refractivity contribution is 5.97. The standard InChI is InChI=1S/C32H37N3O4/c1-22-18-35(23(2)21-36)32(38)29-16-26(11-10-24(3)37)17-33-31(29)39-30(22)20-34(4)19-25-12-14-28(15-13-25)27-8-6-5-7-9-27/h5-9,12-17,22-24,30,36-37H,18-21H2,1-4H3/t22-,23-,24-,30-/m0/s1. The summed E-state index contributed by atoms with van der Waals surface area (Å²) in [5.74, 6) is 5.55. The molecule has 1 aliphatic heterocycles. The van der Waals surface area contributed by atoms with Crippen molar-refractivity contribution in [1.29, 1.82) is 0 Å². The first-order chi connectivity index (χ1) is 18.7. The molecule has 0 radical (unpaired) electrons. The van der Waals surface area contributed by atoms with Crippen molar-refractivity contribution in [3.8, 4) is 28.8 Å². The molecule has 0 saturated carbocycles. The SMILES string of the molecule is C[C@H](O)C#Cc1cnc2c(c1)C(=O)N([C@@H](C)CO)C[C@H](C)[C@H](CN(C)Cc1ccc(-c3ccccc3)cc1)O2. The fourth-order valence-corrected chi connectivity index (χ4v) is 4.69. The molecule has 7 nitrogen and oxygen atoms in total. The van der Waals surface area contributed by atoms with Gasteiger partial charge >= 0.3 is 0 Å². The molecule has 0 bridgehead atoms. The smallest absolute Gasteiger partial charge is 0.259 e. The van der Waals surface area contributed by atoms with Crippen molar-refractivity contribution in [2.45, 2.75) is 45.6 Å². The molecular weight excluding hydrogens is 490 g/mol. The number of aromatic nitrogens is 1. The number of rotatable bonds is 7. The molecule has 3 aromatic rings. The van der Waals surface area contributed by atoms with E-state index in [-0.39, 0.29) is 36.5 Å². The molecule has 39 heavy (non-hydrogen) atoms. The van der Waals surface area contributed by atoms with Crippen molar-refractivity contribution in [2.24, 2.45) is 5.92 Å². The summed E-state index contributed by atoms with van der Waals surface area (Å²) in [5, 5.41) is 19.4. The van der Waals surface area contributed by atoms with E-state index in [1.165, 1.54) is 16.7 Å². The second kappa shape index (κ2) is 12.9. The first kappa shape index (κ1) is 28.3. The fourth-order valence-electron chi connectivity index (χ4n) is 4.69. The third-order valence-electron chi connectivity index (χ3n) is 6.95. The maximum Gasteiger partial charge on any atom is 0.259 e. The van der Waals surface area contributed by atoms with E-state index in [9.17, 15) is 15.0 Å². The summed E-state index contributed by atoms with van der Waals surface area (Å²) in [5.41, 5.74) is 4.40. The van der Waals surface area contributed by atoms with Crippen molar-refractivity contribution in [3.05, 3.63) is 83.6 Å². The number of nitrogens with zero attached hydrogens (tertiary/aromatic N) is 3. The van der Waals surface area contributed by atoms with Crippen LogP contribution in [0.15, 0.2) is 66.9 Å². The van der Waals surface area contributed by atoms with Gasteiger partial charge in [-0.1, -0.05) is 73.4 Å². The van der Waals surface area contributed by atoms with E-state index in [1.807, 2.05) is 25.1 Å². The zero-order chi connectivity index (χ0) is 27.9. The van der Waals surface area contributed by atoms with Crippen LogP contribution >= 0.6 is 0 Å². The number of hydrogen-bond acceptors (Lipinski definition) is 6. The minimum Gasteiger partial charge on any atom is -0.472 e. The molecule has 2 N–H and O–H groups in total. The lowest BCUT2D eigenvalue weighted by atomic mass is 9.99. The number of aliphatic hydroxyl groups excluding tert-OH is 2. The Labute approximate surface area is 231 Å². The number of pyridine rings is 1. The molecule has 7 heteroatoms. The van der Waals surface area contributed by atoms with Crippen LogP contribution in [0, 0.1) is 17.8 Å². The molecule has 0 saturated heterocycles. The predicted molar refractivity (Wildman–Crippen MR) is 152 cm³/mol. The Morgan fingerprint density at radius 3 is 2.49 bits per heavy atom. The third kappa shape index (κ3) is 7.24. The molecule has 204 valence electrons. The van der Waals surface area contributed by atoms with Crippen LogP contribution in [0.1, 0.15) is 42.3 Å². The quantitative estimate of drug-likeness (QED) is 0.454. The van der Waals surface area contributed by atoms with E-state index in [0.29, 0.717) is 24.2 Å². The first-order valence-electron chi connectivity index (χ1n) is 13.4. The molecule has 2 aromatic carbocycles. The Morgan fingerprint density at radius 2 is 1.82 bits per heavy atom. The molecule has 0 unspecified atom stereocenters. The van der Waals surface area contributed by atoms with Crippen molar-refractivity contribution in [2.75, 3.05) is 26.7 Å². The molecule has 1 aromatic heterocycles. The number of benzene rings is 2. The summed E-state index contributed by atoms with van der Waals surface area (Å²) in [6.07, 6.45) is 0.531. The van der Waals surface area contributed by atoms with E-state index >= 15 is 0 Å². The maximum atomic E-state index is 13.5. The van der Waals surface area contributed by atoms with E-state index in [2.05, 4.69) is 72.1 Å². The van der Waals surface area contributed by atoms with Crippen LogP contribution in [-0.4, -0.2) is 75.9 Å². The van der Waals surface area contributed by atoms with Gasteiger partial charge in [-0.15, -0.1) is 0 Å². The van der Waals surface area contributed by atoms with Gasteiger partial charge in [0.15, 0.2) is 0 Å². The van der Waals surface area contributed by atoms with E-state index in [1.54, 1.807) is 24.1 Å². The van der Waals surface area contributed by atoms with Crippen LogP contribution in [0.25, 0.3) is 11.1 Å². The number of hydrogen-bond donors (Lipinski definition) is 2. The van der Waals surface area contributed by atoms with Gasteiger partial charge in [0.25, 0.3) is 5.91 Å². The van der Waals surface area contributed by atoms with Crippen LogP contribution < -0.4 is 4.74 Å². The number of aliphatic hydroxyl groups is 2. The van der Waals surface area contributed by atoms with Gasteiger partial charge in [-0.25, -0.2) is 4.98 Å². The van der Waals surface area contributed by atoms with Crippen LogP contribution in [0.3, 0.4) is 0 Å². The summed E-state index contributed by atoms with van der Waals surface area (Å²) in [7, 11) is 2.06. The second-order valence-corrected chi connectivity index (χ2v) is 10.4. The van der Waals surface area contributed by atoms with Crippen LogP contribution in [-0.2, 0) is 6.54 Å². The summed E-state index contributed by atoms with van der Waals surface area (Å²) < 4.78 is 6.39. The number of carbonyl (C=O) groups is 1. The van der Waals surface area contributed by atoms with Gasteiger partial charge in [0.2, 0.25) is 5.88 Å². The molecule has 1 amide bonds. The Hall–Kier alpha value is -3.70. The van der Waals surface area contributed by atoms with E-state index in [0.717, 1.165) is 6.54 Å². The zero-order valence-corrected chi connectivity index (χ0v) is 23.0. The summed E-state index contributed by atoms with van der Waals surface area (Å²) >= 11 is 0.